The van der Waals surface area contributed by atoms with E-state index in [0.717, 1.165) is 41.3 Å². The Morgan fingerprint density at radius 3 is 2.61 bits per heavy atom. The molecular weight excluding hydrogens is 540 g/mol. The average Bonchev–Trinajstić information content (AvgIpc) is 3.76. The van der Waals surface area contributed by atoms with Gasteiger partial charge < -0.3 is 20.5 Å². The number of aromatic nitrogens is 1. The molecule has 2 aliphatic heterocycles. The number of carbonyl (C=O) groups excluding carboxylic acids is 4. The fraction of sp³-hybridized carbons (Fsp3) is 0.438. The molecule has 2 aromatic carbocycles. The van der Waals surface area contributed by atoms with Gasteiger partial charge in [-0.2, -0.15) is 0 Å². The summed E-state index contributed by atoms with van der Waals surface area (Å²) in [6, 6.07) is 14.1. The van der Waals surface area contributed by atoms with Crippen molar-refractivity contribution >= 4 is 46.0 Å². The van der Waals surface area contributed by atoms with Crippen LogP contribution in [0.15, 0.2) is 48.5 Å². The number of nitrogens with zero attached hydrogens (tertiary/aromatic N) is 1. The molecular formula is C32H35ClN4O4. The van der Waals surface area contributed by atoms with Crippen molar-refractivity contribution in [2.45, 2.75) is 57.5 Å². The summed E-state index contributed by atoms with van der Waals surface area (Å²) in [4.78, 5) is 57.8. The highest BCUT2D eigenvalue weighted by Gasteiger charge is 2.50. The van der Waals surface area contributed by atoms with Crippen LogP contribution in [0.5, 0.6) is 0 Å². The number of aromatic amines is 1. The number of rotatable bonds is 8. The molecule has 3 N–H and O–H groups in total. The zero-order valence-corrected chi connectivity index (χ0v) is 23.9. The van der Waals surface area contributed by atoms with Crippen molar-refractivity contribution in [3.63, 3.8) is 0 Å². The maximum Gasteiger partial charge on any atom is 0.271 e. The van der Waals surface area contributed by atoms with Crippen molar-refractivity contribution in [2.24, 2.45) is 17.8 Å². The van der Waals surface area contributed by atoms with Gasteiger partial charge in [-0.25, -0.2) is 0 Å². The van der Waals surface area contributed by atoms with E-state index in [2.05, 4.69) is 15.6 Å². The van der Waals surface area contributed by atoms with Crippen LogP contribution in [0, 0.1) is 17.8 Å². The maximum atomic E-state index is 14.0. The first-order valence-electron chi connectivity index (χ1n) is 14.6. The first kappa shape index (κ1) is 27.5. The third-order valence-electron chi connectivity index (χ3n) is 9.18. The molecule has 3 heterocycles. The lowest BCUT2D eigenvalue weighted by Gasteiger charge is -2.29. The molecule has 5 unspecified atom stereocenters. The molecule has 41 heavy (non-hydrogen) atoms. The molecule has 1 saturated carbocycles. The van der Waals surface area contributed by atoms with E-state index in [9.17, 15) is 19.2 Å². The van der Waals surface area contributed by atoms with Gasteiger partial charge in [-0.05, 0) is 66.8 Å². The Bertz CT molecular complexity index is 1500. The molecule has 8 nitrogen and oxygen atoms in total. The number of halogens is 1. The Balaban J connectivity index is 1.27. The molecule has 214 valence electrons. The predicted molar refractivity (Wildman–Crippen MR) is 157 cm³/mol. The quantitative estimate of drug-likeness (QED) is 0.361. The normalized spacial score (nSPS) is 24.3. The van der Waals surface area contributed by atoms with Gasteiger partial charge in [0.15, 0.2) is 5.78 Å². The third-order valence-corrected chi connectivity index (χ3v) is 9.49. The fourth-order valence-electron chi connectivity index (χ4n) is 7.04. The highest BCUT2D eigenvalue weighted by atomic mass is 35.5. The lowest BCUT2D eigenvalue weighted by molar-refractivity contribution is -0.132. The Labute approximate surface area is 244 Å². The Morgan fingerprint density at radius 2 is 1.88 bits per heavy atom. The van der Waals surface area contributed by atoms with Crippen molar-refractivity contribution in [1.29, 1.82) is 0 Å². The minimum atomic E-state index is -0.748. The van der Waals surface area contributed by atoms with Gasteiger partial charge in [0.05, 0.1) is 11.1 Å². The van der Waals surface area contributed by atoms with E-state index >= 15 is 0 Å². The number of likely N-dealkylation sites (tertiary alicyclic amines) is 1. The number of hydrogen-bond donors (Lipinski definition) is 3. The van der Waals surface area contributed by atoms with Gasteiger partial charge in [0.1, 0.15) is 11.7 Å². The number of fused-ring (bicyclic) bond motifs is 2. The number of nitrogens with one attached hydrogen (secondary N) is 3. The molecule has 1 aliphatic carbocycles. The van der Waals surface area contributed by atoms with E-state index in [-0.39, 0.29) is 54.1 Å². The monoisotopic (exact) mass is 574 g/mol. The average molecular weight is 575 g/mol. The second kappa shape index (κ2) is 11.3. The van der Waals surface area contributed by atoms with Crippen LogP contribution in [0.3, 0.4) is 0 Å². The van der Waals surface area contributed by atoms with Gasteiger partial charge in [-0.3, -0.25) is 19.2 Å². The fourth-order valence-corrected chi connectivity index (χ4v) is 7.31. The van der Waals surface area contributed by atoms with Crippen molar-refractivity contribution in [2.75, 3.05) is 13.1 Å². The standard InChI is InChI=1S/C32H35ClN4O4/c1-2-28(38)26(14-19-11-12-34-30(19)39)36-31(40)29-22-10-6-9-20(22)17-37(29)32(41)27-16-23-24(33)13-21(15-25(23)35-27)18-7-4-3-5-8-18/h3-5,7-8,13,15-16,19-20,22,26,29,35H,2,6,9-12,14,17H2,1H3,(H,34,39)(H,36,40). The second-order valence-corrected chi connectivity index (χ2v) is 12.0. The molecule has 0 radical (unpaired) electrons. The summed E-state index contributed by atoms with van der Waals surface area (Å²) in [5.41, 5.74) is 3.10. The Hall–Kier alpha value is -3.65. The zero-order chi connectivity index (χ0) is 28.7. The van der Waals surface area contributed by atoms with Crippen LogP contribution in [-0.2, 0) is 14.4 Å². The van der Waals surface area contributed by atoms with Gasteiger partial charge in [0.2, 0.25) is 11.8 Å². The first-order valence-corrected chi connectivity index (χ1v) is 15.0. The molecule has 1 aromatic heterocycles. The minimum Gasteiger partial charge on any atom is -0.356 e. The smallest absolute Gasteiger partial charge is 0.271 e. The van der Waals surface area contributed by atoms with Gasteiger partial charge in [-0.1, -0.05) is 55.3 Å². The molecule has 3 aliphatic rings. The van der Waals surface area contributed by atoms with E-state index in [1.54, 1.807) is 17.9 Å². The van der Waals surface area contributed by atoms with E-state index in [1.165, 1.54) is 0 Å². The highest BCUT2D eigenvalue weighted by Crippen LogP contribution is 2.43. The molecule has 3 fully saturated rings. The molecule has 3 aromatic rings. The maximum absolute atomic E-state index is 14.0. The molecule has 2 saturated heterocycles. The number of H-pyrrole nitrogens is 1. The number of benzene rings is 2. The van der Waals surface area contributed by atoms with Crippen molar-refractivity contribution in [3.05, 3.63) is 59.2 Å². The first-order chi connectivity index (χ1) is 19.8. The summed E-state index contributed by atoms with van der Waals surface area (Å²) in [6.45, 7) is 2.84. The summed E-state index contributed by atoms with van der Waals surface area (Å²) in [6.07, 6.45) is 4.04. The van der Waals surface area contributed by atoms with Gasteiger partial charge in [0, 0.05) is 36.3 Å². The number of hydrogen-bond acceptors (Lipinski definition) is 4. The van der Waals surface area contributed by atoms with Crippen LogP contribution in [0.1, 0.15) is 55.9 Å². The molecule has 3 amide bonds. The topological polar surface area (TPSA) is 111 Å². The minimum absolute atomic E-state index is 0.0451. The predicted octanol–water partition coefficient (Wildman–Crippen LogP) is 4.72. The van der Waals surface area contributed by atoms with Crippen LogP contribution in [0.25, 0.3) is 22.0 Å². The van der Waals surface area contributed by atoms with Crippen LogP contribution >= 0.6 is 11.6 Å². The van der Waals surface area contributed by atoms with Crippen LogP contribution < -0.4 is 10.6 Å². The Kier molecular flexibility index (Phi) is 7.60. The van der Waals surface area contributed by atoms with E-state index in [4.69, 9.17) is 11.6 Å². The van der Waals surface area contributed by atoms with Crippen LogP contribution in [0.4, 0.5) is 0 Å². The van der Waals surface area contributed by atoms with Crippen molar-refractivity contribution in [1.82, 2.24) is 20.5 Å². The molecule has 6 rings (SSSR count). The second-order valence-electron chi connectivity index (χ2n) is 11.6. The highest BCUT2D eigenvalue weighted by molar-refractivity contribution is 6.36. The lowest BCUT2D eigenvalue weighted by Crippen LogP contribution is -2.53. The number of Topliss-reactive ketones (excluding diaryl/α,β-unsaturated/α-hetero) is 1. The van der Waals surface area contributed by atoms with Crippen LogP contribution in [-0.4, -0.2) is 58.6 Å². The zero-order valence-electron chi connectivity index (χ0n) is 23.1. The summed E-state index contributed by atoms with van der Waals surface area (Å²) < 4.78 is 0. The lowest BCUT2D eigenvalue weighted by atomic mass is 9.91. The van der Waals surface area contributed by atoms with Crippen molar-refractivity contribution in [3.8, 4) is 11.1 Å². The van der Waals surface area contributed by atoms with E-state index < -0.39 is 12.1 Å². The number of ketones is 1. The van der Waals surface area contributed by atoms with Gasteiger partial charge >= 0.3 is 0 Å². The number of amides is 3. The van der Waals surface area contributed by atoms with Crippen molar-refractivity contribution < 1.29 is 19.2 Å². The summed E-state index contributed by atoms with van der Waals surface area (Å²) >= 11 is 6.66. The Morgan fingerprint density at radius 1 is 1.07 bits per heavy atom. The largest absolute Gasteiger partial charge is 0.356 e. The SMILES string of the molecule is CCC(=O)C(CC1CCNC1=O)NC(=O)C1C2CCCC2CN1C(=O)c1cc2c(Cl)cc(-c3ccccc3)cc2[nH]1. The molecule has 0 spiro atoms. The van der Waals surface area contributed by atoms with Gasteiger partial charge in [-0.15, -0.1) is 0 Å². The van der Waals surface area contributed by atoms with Crippen LogP contribution in [0.2, 0.25) is 5.02 Å². The summed E-state index contributed by atoms with van der Waals surface area (Å²) in [5.74, 6) is -0.740. The van der Waals surface area contributed by atoms with E-state index in [0.29, 0.717) is 30.2 Å². The molecule has 0 bridgehead atoms. The molecule has 5 atom stereocenters. The third kappa shape index (κ3) is 5.25. The summed E-state index contributed by atoms with van der Waals surface area (Å²) in [5, 5.41) is 7.07. The number of carbonyl (C=O) groups is 4. The van der Waals surface area contributed by atoms with Gasteiger partial charge in [0.25, 0.3) is 5.91 Å². The molecule has 9 heteroatoms. The summed E-state index contributed by atoms with van der Waals surface area (Å²) in [7, 11) is 0. The van der Waals surface area contributed by atoms with E-state index in [1.807, 2.05) is 42.5 Å².